The monoisotopic (exact) mass is 554 g/mol. The molecule has 2 aromatic carbocycles. The zero-order valence-corrected chi connectivity index (χ0v) is 24.1. The summed E-state index contributed by atoms with van der Waals surface area (Å²) in [5.41, 5.74) is 5.79. The minimum absolute atomic E-state index is 0.188. The van der Waals surface area contributed by atoms with E-state index in [0.717, 1.165) is 49.3 Å². The molecule has 9 heteroatoms. The maximum Gasteiger partial charge on any atom is 0.407 e. The van der Waals surface area contributed by atoms with Gasteiger partial charge in [0.15, 0.2) is 0 Å². The first kappa shape index (κ1) is 27.2. The lowest BCUT2D eigenvalue weighted by Gasteiger charge is -2.42. The number of carbonyl (C=O) groups is 1. The molecule has 0 unspecified atom stereocenters. The highest BCUT2D eigenvalue weighted by Crippen LogP contribution is 2.40. The number of likely N-dealkylation sites (tertiary alicyclic amines) is 1. The molecule has 3 aliphatic rings. The molecule has 0 aliphatic carbocycles. The Kier molecular flexibility index (Phi) is 7.35. The number of ether oxygens (including phenoxy) is 1. The van der Waals surface area contributed by atoms with E-state index in [4.69, 9.17) is 9.72 Å². The van der Waals surface area contributed by atoms with Gasteiger partial charge in [-0.1, -0.05) is 30.3 Å². The van der Waals surface area contributed by atoms with Crippen LogP contribution in [-0.4, -0.2) is 84.4 Å². The fourth-order valence-corrected chi connectivity index (χ4v) is 6.87. The molecule has 0 bridgehead atoms. The summed E-state index contributed by atoms with van der Waals surface area (Å²) in [4.78, 5) is 25.2. The summed E-state index contributed by atoms with van der Waals surface area (Å²) in [6.45, 7) is 8.49. The number of anilines is 2. The first-order valence-electron chi connectivity index (χ1n) is 14.6. The molecule has 6 rings (SSSR count). The molecule has 3 aliphatic heterocycles. The molecule has 214 valence electrons. The van der Waals surface area contributed by atoms with E-state index >= 15 is 0 Å². The molecule has 1 amide bonds. The number of rotatable bonds is 5. The van der Waals surface area contributed by atoms with Crippen LogP contribution in [-0.2, 0) is 13.0 Å². The van der Waals surface area contributed by atoms with Gasteiger partial charge in [-0.2, -0.15) is 5.26 Å². The third-order valence-corrected chi connectivity index (χ3v) is 9.11. The Bertz CT molecular complexity index is 1510. The average molecular weight is 555 g/mol. The fourth-order valence-electron chi connectivity index (χ4n) is 6.87. The van der Waals surface area contributed by atoms with Gasteiger partial charge in [0.1, 0.15) is 18.2 Å². The van der Waals surface area contributed by atoms with Crippen molar-refractivity contribution >= 4 is 28.2 Å². The maximum atomic E-state index is 11.8. The molecule has 3 aromatic rings. The van der Waals surface area contributed by atoms with Gasteiger partial charge in [0.2, 0.25) is 5.88 Å². The van der Waals surface area contributed by atoms with Crippen molar-refractivity contribution in [2.24, 2.45) is 0 Å². The number of hydrogen-bond donors (Lipinski definition) is 1. The van der Waals surface area contributed by atoms with E-state index in [1.165, 1.54) is 26.9 Å². The SMILES string of the molecule is Cc1cccc2cccc(N3CCc4c(nc(OC[C@@H]5CCCN5C)c(C#N)c4N4CCN(C(=O)O)[C@@H](C)C4)C3)c12. The molecule has 0 spiro atoms. The highest BCUT2D eigenvalue weighted by molar-refractivity contribution is 5.97. The molecule has 2 atom stereocenters. The van der Waals surface area contributed by atoms with E-state index in [1.807, 2.05) is 6.92 Å². The minimum Gasteiger partial charge on any atom is -0.475 e. The Morgan fingerprint density at radius 1 is 1.15 bits per heavy atom. The van der Waals surface area contributed by atoms with Crippen LogP contribution < -0.4 is 14.5 Å². The van der Waals surface area contributed by atoms with Crippen LogP contribution in [0.2, 0.25) is 0 Å². The molecule has 1 N–H and O–H groups in total. The first-order chi connectivity index (χ1) is 19.9. The molecule has 0 radical (unpaired) electrons. The smallest absolute Gasteiger partial charge is 0.407 e. The predicted molar refractivity (Wildman–Crippen MR) is 160 cm³/mol. The number of likely N-dealkylation sites (N-methyl/N-ethyl adjacent to an activating group) is 1. The highest BCUT2D eigenvalue weighted by atomic mass is 16.5. The van der Waals surface area contributed by atoms with E-state index in [9.17, 15) is 15.2 Å². The zero-order chi connectivity index (χ0) is 28.7. The number of carboxylic acid groups (broad SMARTS) is 1. The minimum atomic E-state index is -0.903. The number of fused-ring (bicyclic) bond motifs is 2. The van der Waals surface area contributed by atoms with Crippen LogP contribution in [0.3, 0.4) is 0 Å². The van der Waals surface area contributed by atoms with Crippen molar-refractivity contribution in [1.82, 2.24) is 14.8 Å². The number of benzene rings is 2. The first-order valence-corrected chi connectivity index (χ1v) is 14.6. The van der Waals surface area contributed by atoms with Crippen molar-refractivity contribution in [3.63, 3.8) is 0 Å². The molecular formula is C32H38N6O3. The van der Waals surface area contributed by atoms with Gasteiger partial charge < -0.3 is 29.4 Å². The van der Waals surface area contributed by atoms with Gasteiger partial charge in [0.25, 0.3) is 0 Å². The Hall–Kier alpha value is -4.03. The van der Waals surface area contributed by atoms with Crippen LogP contribution in [0.25, 0.3) is 10.8 Å². The van der Waals surface area contributed by atoms with Crippen LogP contribution in [0.4, 0.5) is 16.2 Å². The second-order valence-electron chi connectivity index (χ2n) is 11.7. The second-order valence-corrected chi connectivity index (χ2v) is 11.7. The van der Waals surface area contributed by atoms with Crippen molar-refractivity contribution in [3.05, 3.63) is 58.8 Å². The normalized spacial score (nSPS) is 21.2. The van der Waals surface area contributed by atoms with Crippen molar-refractivity contribution in [3.8, 4) is 11.9 Å². The molecule has 41 heavy (non-hydrogen) atoms. The number of piperazine rings is 1. The van der Waals surface area contributed by atoms with E-state index in [2.05, 4.69) is 71.1 Å². The topological polar surface area (TPSA) is 96.2 Å². The van der Waals surface area contributed by atoms with Gasteiger partial charge in [-0.15, -0.1) is 0 Å². The van der Waals surface area contributed by atoms with E-state index < -0.39 is 6.09 Å². The fraction of sp³-hybridized carbons (Fsp3) is 0.469. The van der Waals surface area contributed by atoms with Crippen LogP contribution in [0.15, 0.2) is 36.4 Å². The third-order valence-electron chi connectivity index (χ3n) is 9.11. The lowest BCUT2D eigenvalue weighted by Crippen LogP contribution is -2.54. The maximum absolute atomic E-state index is 11.8. The lowest BCUT2D eigenvalue weighted by molar-refractivity contribution is 0.122. The Balaban J connectivity index is 1.40. The summed E-state index contributed by atoms with van der Waals surface area (Å²) >= 11 is 0. The molecule has 1 aromatic heterocycles. The number of aromatic nitrogens is 1. The molecule has 2 saturated heterocycles. The van der Waals surface area contributed by atoms with Crippen molar-refractivity contribution in [2.75, 3.05) is 56.2 Å². The summed E-state index contributed by atoms with van der Waals surface area (Å²) < 4.78 is 6.37. The highest BCUT2D eigenvalue weighted by Gasteiger charge is 2.34. The molecule has 4 heterocycles. The number of hydrogen-bond acceptors (Lipinski definition) is 7. The summed E-state index contributed by atoms with van der Waals surface area (Å²) in [6.07, 6.45) is 2.05. The van der Waals surface area contributed by atoms with Crippen LogP contribution >= 0.6 is 0 Å². The Labute approximate surface area is 241 Å². The van der Waals surface area contributed by atoms with Gasteiger partial charge in [-0.05, 0) is 63.7 Å². The Morgan fingerprint density at radius 3 is 2.66 bits per heavy atom. The molecular weight excluding hydrogens is 516 g/mol. The standard InChI is InChI=1S/C32H38N6O3/c1-21-7-4-8-23-9-5-11-28(29(21)23)36-14-12-25-27(19-36)34-31(41-20-24-10-6-13-35(24)3)26(17-33)30(25)37-15-16-38(32(39)40)22(2)18-37/h4-5,7-9,11,22,24H,6,10,12-16,18-20H2,1-3H3,(H,39,40)/t22-,24-/m0/s1. The summed E-state index contributed by atoms with van der Waals surface area (Å²) in [5, 5.41) is 22.6. The average Bonchev–Trinajstić information content (AvgIpc) is 3.38. The van der Waals surface area contributed by atoms with Gasteiger partial charge in [-0.3, -0.25) is 0 Å². The number of nitrogens with zero attached hydrogens (tertiary/aromatic N) is 6. The van der Waals surface area contributed by atoms with Gasteiger partial charge in [0.05, 0.1) is 17.9 Å². The van der Waals surface area contributed by atoms with Crippen molar-refractivity contribution in [2.45, 2.75) is 51.7 Å². The molecule has 0 saturated carbocycles. The largest absolute Gasteiger partial charge is 0.475 e. The molecule has 9 nitrogen and oxygen atoms in total. The predicted octanol–water partition coefficient (Wildman–Crippen LogP) is 4.64. The van der Waals surface area contributed by atoms with Gasteiger partial charge >= 0.3 is 6.09 Å². The van der Waals surface area contributed by atoms with Crippen LogP contribution in [0.1, 0.15) is 42.1 Å². The second kappa shape index (κ2) is 11.1. The van der Waals surface area contributed by atoms with Gasteiger partial charge in [-0.25, -0.2) is 9.78 Å². The van der Waals surface area contributed by atoms with Gasteiger partial charge in [0, 0.05) is 54.9 Å². The van der Waals surface area contributed by atoms with E-state index in [-0.39, 0.29) is 6.04 Å². The van der Waals surface area contributed by atoms with Crippen molar-refractivity contribution in [1.29, 1.82) is 5.26 Å². The zero-order valence-electron chi connectivity index (χ0n) is 24.1. The number of nitriles is 1. The quantitative estimate of drug-likeness (QED) is 0.488. The summed E-state index contributed by atoms with van der Waals surface area (Å²) in [6, 6.07) is 15.4. The van der Waals surface area contributed by atoms with Crippen LogP contribution in [0, 0.1) is 18.3 Å². The van der Waals surface area contributed by atoms with E-state index in [0.29, 0.717) is 50.3 Å². The van der Waals surface area contributed by atoms with Crippen molar-refractivity contribution < 1.29 is 14.6 Å². The lowest BCUT2D eigenvalue weighted by atomic mass is 9.96. The molecule has 2 fully saturated rings. The van der Waals surface area contributed by atoms with Crippen LogP contribution in [0.5, 0.6) is 5.88 Å². The number of amides is 1. The number of pyridine rings is 1. The Morgan fingerprint density at radius 2 is 1.95 bits per heavy atom. The van der Waals surface area contributed by atoms with E-state index in [1.54, 1.807) is 0 Å². The summed E-state index contributed by atoms with van der Waals surface area (Å²) in [7, 11) is 2.12. The summed E-state index contributed by atoms with van der Waals surface area (Å²) in [5.74, 6) is 0.394. The third kappa shape index (κ3) is 5.02. The number of aryl methyl sites for hydroxylation is 1.